The van der Waals surface area contributed by atoms with Crippen molar-refractivity contribution in [1.29, 1.82) is 0 Å². The summed E-state index contributed by atoms with van der Waals surface area (Å²) in [6.07, 6.45) is 11.1. The molecule has 2 aliphatic carbocycles. The van der Waals surface area contributed by atoms with E-state index >= 15 is 0 Å². The summed E-state index contributed by atoms with van der Waals surface area (Å²) in [6, 6.07) is 0. The van der Waals surface area contributed by atoms with Crippen LogP contribution in [0.25, 0.3) is 0 Å². The summed E-state index contributed by atoms with van der Waals surface area (Å²) in [5.74, 6) is 1.59. The Morgan fingerprint density at radius 1 is 0.864 bits per heavy atom. The lowest BCUT2D eigenvalue weighted by Gasteiger charge is -2.45. The van der Waals surface area contributed by atoms with Crippen LogP contribution in [0.5, 0.6) is 0 Å². The van der Waals surface area contributed by atoms with Crippen molar-refractivity contribution in [2.75, 3.05) is 20.0 Å². The van der Waals surface area contributed by atoms with Crippen molar-refractivity contribution >= 4 is 16.3 Å². The molecule has 0 aromatic heterocycles. The van der Waals surface area contributed by atoms with Crippen LogP contribution in [0.1, 0.15) is 6.42 Å². The molecule has 3 rings (SSSR count). The second-order valence-electron chi connectivity index (χ2n) is 8.93. The zero-order chi connectivity index (χ0) is 16.0. The number of hydrogen-bond acceptors (Lipinski definition) is 3. The van der Waals surface area contributed by atoms with Crippen molar-refractivity contribution in [2.45, 2.75) is 50.2 Å². The van der Waals surface area contributed by atoms with Gasteiger partial charge in [0.05, 0.1) is 0 Å². The highest BCUT2D eigenvalue weighted by Gasteiger charge is 2.53. The van der Waals surface area contributed by atoms with Gasteiger partial charge in [0.2, 0.25) is 0 Å². The third-order valence-corrected chi connectivity index (χ3v) is 13.6. The van der Waals surface area contributed by atoms with E-state index in [1.54, 1.807) is 0 Å². The molecule has 0 radical (unpaired) electrons. The molecular formula is C17H33N3Si2. The lowest BCUT2D eigenvalue weighted by molar-refractivity contribution is 0.283. The molecule has 2 N–H and O–H groups in total. The molecule has 124 valence electrons. The van der Waals surface area contributed by atoms with Crippen LogP contribution < -0.4 is 10.6 Å². The van der Waals surface area contributed by atoms with Gasteiger partial charge in [-0.05, 0) is 22.9 Å². The van der Waals surface area contributed by atoms with E-state index in [1.807, 2.05) is 0 Å². The molecule has 1 heterocycles. The Kier molecular flexibility index (Phi) is 4.55. The van der Waals surface area contributed by atoms with Gasteiger partial charge in [0.25, 0.3) is 0 Å². The maximum atomic E-state index is 3.50. The number of nitrogens with zero attached hydrogens (tertiary/aromatic N) is 1. The van der Waals surface area contributed by atoms with Crippen LogP contribution in [-0.2, 0) is 0 Å². The van der Waals surface area contributed by atoms with Gasteiger partial charge in [-0.15, -0.1) is 0 Å². The van der Waals surface area contributed by atoms with E-state index in [-0.39, 0.29) is 0 Å². The maximum absolute atomic E-state index is 3.50. The summed E-state index contributed by atoms with van der Waals surface area (Å²) >= 11 is 0. The van der Waals surface area contributed by atoms with E-state index in [0.29, 0.717) is 0 Å². The van der Waals surface area contributed by atoms with Crippen molar-refractivity contribution < 1.29 is 0 Å². The number of fused-ring (bicyclic) bond motifs is 1. The van der Waals surface area contributed by atoms with Gasteiger partial charge >= 0.3 is 0 Å². The lowest BCUT2D eigenvalue weighted by Crippen LogP contribution is -2.63. The molecule has 0 aromatic rings. The Bertz CT molecular complexity index is 461. The average Bonchev–Trinajstić information content (AvgIpc) is 2.88. The standard InChI is InChI=1S/C17H33N3Si2/c1-21(2,3)16-10-17(15-9-7-6-8-14(15)16)22(4,5)20-12-18-11-19-13-20/h6-9,14-19H,10-13H2,1-5H3/t14?,15?,16-,17?/m0/s1. The van der Waals surface area contributed by atoms with Crippen LogP contribution in [0.15, 0.2) is 24.3 Å². The number of allylic oxidation sites excluding steroid dienone is 4. The zero-order valence-corrected chi connectivity index (χ0v) is 16.9. The first-order valence-corrected chi connectivity index (χ1v) is 15.4. The highest BCUT2D eigenvalue weighted by atomic mass is 28.3. The Morgan fingerprint density at radius 2 is 1.41 bits per heavy atom. The monoisotopic (exact) mass is 335 g/mol. The van der Waals surface area contributed by atoms with Crippen molar-refractivity contribution in [3.05, 3.63) is 24.3 Å². The van der Waals surface area contributed by atoms with E-state index in [9.17, 15) is 0 Å². The minimum Gasteiger partial charge on any atom is -0.299 e. The summed E-state index contributed by atoms with van der Waals surface area (Å²) in [7, 11) is -2.57. The molecule has 1 saturated heterocycles. The van der Waals surface area contributed by atoms with Gasteiger partial charge < -0.3 is 0 Å². The van der Waals surface area contributed by atoms with Crippen molar-refractivity contribution in [3.63, 3.8) is 0 Å². The molecule has 0 bridgehead atoms. The van der Waals surface area contributed by atoms with Crippen LogP contribution >= 0.6 is 0 Å². The summed E-state index contributed by atoms with van der Waals surface area (Å²) < 4.78 is 2.73. The quantitative estimate of drug-likeness (QED) is 0.774. The Labute approximate surface area is 138 Å². The van der Waals surface area contributed by atoms with Gasteiger partial charge in [0.1, 0.15) is 8.24 Å². The molecule has 3 unspecified atom stereocenters. The highest BCUT2D eigenvalue weighted by Crippen LogP contribution is 2.58. The molecule has 0 spiro atoms. The fourth-order valence-corrected chi connectivity index (χ4v) is 11.2. The average molecular weight is 336 g/mol. The molecular weight excluding hydrogens is 302 g/mol. The number of nitrogens with one attached hydrogen (secondary N) is 2. The Hall–Kier alpha value is -0.206. The van der Waals surface area contributed by atoms with Gasteiger partial charge in [-0.1, -0.05) is 63.5 Å². The van der Waals surface area contributed by atoms with Gasteiger partial charge in [0, 0.05) is 28.1 Å². The molecule has 3 aliphatic rings. The van der Waals surface area contributed by atoms with Gasteiger partial charge in [-0.3, -0.25) is 15.2 Å². The fraction of sp³-hybridized carbons (Fsp3) is 0.765. The SMILES string of the molecule is C[Si](C)(C)[C@H]1CC([Si](C)(C)N2CNCNC2)C2C=CC=CC21. The highest BCUT2D eigenvalue weighted by molar-refractivity contribution is 6.79. The largest absolute Gasteiger partial charge is 0.299 e. The molecule has 22 heavy (non-hydrogen) atoms. The first kappa shape index (κ1) is 16.6. The van der Waals surface area contributed by atoms with E-state index in [0.717, 1.165) is 42.9 Å². The minimum atomic E-state index is -1.45. The van der Waals surface area contributed by atoms with E-state index in [1.165, 1.54) is 6.42 Å². The fourth-order valence-electron chi connectivity index (χ4n) is 4.89. The van der Waals surface area contributed by atoms with Crippen LogP contribution in [0.4, 0.5) is 0 Å². The van der Waals surface area contributed by atoms with E-state index in [2.05, 4.69) is 72.2 Å². The van der Waals surface area contributed by atoms with Crippen LogP contribution in [0, 0.1) is 11.8 Å². The number of hydrogen-bond donors (Lipinski definition) is 2. The summed E-state index contributed by atoms with van der Waals surface area (Å²) in [5, 5.41) is 7.01. The Morgan fingerprint density at radius 3 is 1.95 bits per heavy atom. The molecule has 1 saturated carbocycles. The van der Waals surface area contributed by atoms with Crippen molar-refractivity contribution in [3.8, 4) is 0 Å². The van der Waals surface area contributed by atoms with Gasteiger partial charge in [0.15, 0.2) is 0 Å². The Balaban J connectivity index is 1.86. The molecule has 4 atom stereocenters. The normalized spacial score (nSPS) is 36.6. The molecule has 3 nitrogen and oxygen atoms in total. The third kappa shape index (κ3) is 2.94. The van der Waals surface area contributed by atoms with Crippen LogP contribution in [-0.4, -0.2) is 40.9 Å². The number of rotatable bonds is 3. The third-order valence-electron chi connectivity index (χ3n) is 6.35. The van der Waals surface area contributed by atoms with Gasteiger partial charge in [-0.25, -0.2) is 0 Å². The summed E-state index contributed by atoms with van der Waals surface area (Å²) in [5.41, 5.74) is 1.83. The molecule has 0 amide bonds. The second kappa shape index (κ2) is 6.02. The second-order valence-corrected chi connectivity index (χ2v) is 19.1. The first-order chi connectivity index (χ1) is 10.3. The smallest absolute Gasteiger partial charge is 0.128 e. The minimum absolute atomic E-state index is 0.783. The summed E-state index contributed by atoms with van der Waals surface area (Å²) in [6.45, 7) is 16.0. The predicted octanol–water partition coefficient (Wildman–Crippen LogP) is 3.40. The van der Waals surface area contributed by atoms with Gasteiger partial charge in [-0.2, -0.15) is 0 Å². The topological polar surface area (TPSA) is 27.3 Å². The molecule has 2 fully saturated rings. The molecule has 0 aromatic carbocycles. The zero-order valence-electron chi connectivity index (χ0n) is 14.9. The maximum Gasteiger partial charge on any atom is 0.128 e. The molecule has 1 aliphatic heterocycles. The van der Waals surface area contributed by atoms with Crippen molar-refractivity contribution in [1.82, 2.24) is 15.2 Å². The lowest BCUT2D eigenvalue weighted by atomic mass is 9.91. The van der Waals surface area contributed by atoms with E-state index < -0.39 is 16.3 Å². The van der Waals surface area contributed by atoms with Crippen molar-refractivity contribution in [2.24, 2.45) is 11.8 Å². The van der Waals surface area contributed by atoms with Crippen LogP contribution in [0.2, 0.25) is 43.8 Å². The van der Waals surface area contributed by atoms with Crippen LogP contribution in [0.3, 0.4) is 0 Å². The molecule has 5 heteroatoms. The summed E-state index contributed by atoms with van der Waals surface area (Å²) in [4.78, 5) is 0. The predicted molar refractivity (Wildman–Crippen MR) is 101 cm³/mol. The first-order valence-electron chi connectivity index (χ1n) is 8.83. The van der Waals surface area contributed by atoms with E-state index in [4.69, 9.17) is 0 Å².